The summed E-state index contributed by atoms with van der Waals surface area (Å²) in [5.74, 6) is -0.976. The predicted molar refractivity (Wildman–Crippen MR) is 98.6 cm³/mol. The lowest BCUT2D eigenvalue weighted by Gasteiger charge is -2.19. The van der Waals surface area contributed by atoms with Gasteiger partial charge in [-0.2, -0.15) is 0 Å². The minimum Gasteiger partial charge on any atom is -0.397 e. The van der Waals surface area contributed by atoms with E-state index < -0.39 is 11.9 Å². The maximum Gasteiger partial charge on any atom is 0.240 e. The number of nitrogens with one attached hydrogen (secondary N) is 2. The third kappa shape index (κ3) is 12.5. The Morgan fingerprint density at radius 2 is 1.56 bits per heavy atom. The fraction of sp³-hybridized carbons (Fsp3) is 0.824. The number of aliphatic hydroxyl groups excluding tert-OH is 1. The molecular weight excluding hydrogens is 324 g/mol. The minimum atomic E-state index is -0.717. The van der Waals surface area contributed by atoms with Gasteiger partial charge in [0.15, 0.2) is 5.78 Å². The van der Waals surface area contributed by atoms with Crippen LogP contribution in [0.3, 0.4) is 0 Å². The van der Waals surface area contributed by atoms with Crippen LogP contribution in [0, 0.1) is 17.8 Å². The van der Waals surface area contributed by atoms with Crippen LogP contribution in [0.4, 0.5) is 0 Å². The normalized spacial score (nSPS) is 12.9. The van der Waals surface area contributed by atoms with Crippen molar-refractivity contribution in [1.82, 2.24) is 10.6 Å². The van der Waals surface area contributed by atoms with Gasteiger partial charge in [-0.15, -0.1) is 0 Å². The molecule has 0 saturated heterocycles. The number of Topliss-reactive ketones (excluding diaryl/α,β-unsaturated/α-hetero) is 1. The van der Waals surface area contributed by atoms with E-state index in [9.17, 15) is 14.4 Å². The number of amides is 2. The number of aliphatic hydroxyl groups is 1. The predicted octanol–water partition coefficient (Wildman–Crippen LogP) is -0.609. The molecule has 0 aromatic carbocycles. The fourth-order valence-corrected chi connectivity index (χ4v) is 2.09. The van der Waals surface area contributed by atoms with Crippen molar-refractivity contribution >= 4 is 17.6 Å². The molecule has 0 fully saturated rings. The van der Waals surface area contributed by atoms with E-state index in [-0.39, 0.29) is 49.8 Å². The van der Waals surface area contributed by atoms with Crippen LogP contribution in [0.1, 0.15) is 41.0 Å². The van der Waals surface area contributed by atoms with Crippen molar-refractivity contribution in [2.75, 3.05) is 26.2 Å². The molecule has 2 atom stereocenters. The zero-order valence-corrected chi connectivity index (χ0v) is 16.2. The quantitative estimate of drug-likeness (QED) is 0.351. The van der Waals surface area contributed by atoms with Crippen LogP contribution < -0.4 is 22.1 Å². The van der Waals surface area contributed by atoms with Crippen molar-refractivity contribution in [3.63, 3.8) is 0 Å². The maximum absolute atomic E-state index is 11.9. The first-order chi connectivity index (χ1) is 11.6. The molecule has 8 heteroatoms. The average Bonchev–Trinajstić information content (AvgIpc) is 2.55. The topological polar surface area (TPSA) is 148 Å². The summed E-state index contributed by atoms with van der Waals surface area (Å²) >= 11 is 0. The standard InChI is InChI=1S/C15H30N4O3.C2H6O/c1-9(2)5-11(6-16)15(22)18-8-13(20)19-12(7-17)14(21)10(3)4;1-2-3/h9-12H,5-8,16-17H2,1-4H3,(H,18,22)(H,19,20);3H,2H2,1H3. The molecule has 2 amide bonds. The SMILES string of the molecule is CC(C)CC(CN)C(=O)NCC(=O)NC(CN)C(=O)C(C)C.CCO. The number of hydrogen-bond acceptors (Lipinski definition) is 6. The number of nitrogens with two attached hydrogens (primary N) is 2. The molecule has 148 valence electrons. The number of ketones is 1. The van der Waals surface area contributed by atoms with Gasteiger partial charge in [0.1, 0.15) is 0 Å². The van der Waals surface area contributed by atoms with E-state index in [1.807, 2.05) is 13.8 Å². The van der Waals surface area contributed by atoms with Gasteiger partial charge in [0.25, 0.3) is 0 Å². The lowest BCUT2D eigenvalue weighted by Crippen LogP contribution is -2.50. The minimum absolute atomic E-state index is 0.0372. The number of carbonyl (C=O) groups excluding carboxylic acids is 3. The summed E-state index contributed by atoms with van der Waals surface area (Å²) < 4.78 is 0. The Bertz CT molecular complexity index is 400. The van der Waals surface area contributed by atoms with Gasteiger partial charge in [-0.05, 0) is 19.3 Å². The third-order valence-electron chi connectivity index (χ3n) is 3.32. The van der Waals surface area contributed by atoms with E-state index in [0.717, 1.165) is 0 Å². The molecular formula is C17H36N4O4. The van der Waals surface area contributed by atoms with E-state index in [2.05, 4.69) is 10.6 Å². The van der Waals surface area contributed by atoms with Gasteiger partial charge in [-0.25, -0.2) is 0 Å². The highest BCUT2D eigenvalue weighted by Gasteiger charge is 2.23. The van der Waals surface area contributed by atoms with E-state index in [0.29, 0.717) is 12.3 Å². The van der Waals surface area contributed by atoms with Gasteiger partial charge in [0.05, 0.1) is 18.5 Å². The first-order valence-corrected chi connectivity index (χ1v) is 8.76. The highest BCUT2D eigenvalue weighted by molar-refractivity contribution is 5.92. The van der Waals surface area contributed by atoms with E-state index in [1.54, 1.807) is 20.8 Å². The largest absolute Gasteiger partial charge is 0.397 e. The Hall–Kier alpha value is -1.51. The van der Waals surface area contributed by atoms with E-state index >= 15 is 0 Å². The summed E-state index contributed by atoms with van der Waals surface area (Å²) in [4.78, 5) is 35.6. The molecule has 0 aromatic rings. The van der Waals surface area contributed by atoms with Crippen LogP contribution in [-0.2, 0) is 14.4 Å². The first kappa shape index (κ1) is 25.7. The van der Waals surface area contributed by atoms with Gasteiger partial charge in [0.2, 0.25) is 11.8 Å². The molecule has 0 aliphatic rings. The summed E-state index contributed by atoms with van der Waals surface area (Å²) in [5, 5.41) is 12.7. The molecule has 0 bridgehead atoms. The van der Waals surface area contributed by atoms with Gasteiger partial charge in [0, 0.05) is 25.6 Å². The van der Waals surface area contributed by atoms with Crippen molar-refractivity contribution in [2.45, 2.75) is 47.1 Å². The zero-order chi connectivity index (χ0) is 20.0. The summed E-state index contributed by atoms with van der Waals surface area (Å²) in [6, 6.07) is -0.717. The number of carbonyl (C=O) groups is 3. The molecule has 2 unspecified atom stereocenters. The average molecular weight is 360 g/mol. The van der Waals surface area contributed by atoms with Crippen molar-refractivity contribution in [3.05, 3.63) is 0 Å². The zero-order valence-electron chi connectivity index (χ0n) is 16.2. The van der Waals surface area contributed by atoms with Crippen LogP contribution in [0.2, 0.25) is 0 Å². The molecule has 0 rings (SSSR count). The van der Waals surface area contributed by atoms with Gasteiger partial charge >= 0.3 is 0 Å². The number of hydrogen-bond donors (Lipinski definition) is 5. The molecule has 25 heavy (non-hydrogen) atoms. The van der Waals surface area contributed by atoms with Gasteiger partial charge in [-0.3, -0.25) is 14.4 Å². The van der Waals surface area contributed by atoms with Crippen molar-refractivity contribution in [1.29, 1.82) is 0 Å². The van der Waals surface area contributed by atoms with Crippen LogP contribution in [0.15, 0.2) is 0 Å². The Labute approximate surface area is 151 Å². The Morgan fingerprint density at radius 1 is 1.04 bits per heavy atom. The summed E-state index contributed by atoms with van der Waals surface area (Å²) in [6.07, 6.45) is 0.668. The lowest BCUT2D eigenvalue weighted by atomic mass is 9.96. The molecule has 0 aliphatic carbocycles. The third-order valence-corrected chi connectivity index (χ3v) is 3.32. The van der Waals surface area contributed by atoms with Gasteiger partial charge in [-0.1, -0.05) is 27.7 Å². The number of rotatable bonds is 10. The maximum atomic E-state index is 11.9. The monoisotopic (exact) mass is 360 g/mol. The summed E-state index contributed by atoms with van der Waals surface area (Å²) in [6.45, 7) is 9.53. The van der Waals surface area contributed by atoms with Crippen LogP contribution in [0.25, 0.3) is 0 Å². The second kappa shape index (κ2) is 14.8. The molecule has 0 aromatic heterocycles. The fourth-order valence-electron chi connectivity index (χ4n) is 2.09. The molecule has 0 aliphatic heterocycles. The molecule has 0 saturated carbocycles. The smallest absolute Gasteiger partial charge is 0.240 e. The molecule has 0 radical (unpaired) electrons. The highest BCUT2D eigenvalue weighted by atomic mass is 16.2. The molecule has 8 nitrogen and oxygen atoms in total. The Morgan fingerprint density at radius 3 is 1.92 bits per heavy atom. The lowest BCUT2D eigenvalue weighted by molar-refractivity contribution is -0.130. The summed E-state index contributed by atoms with van der Waals surface area (Å²) in [7, 11) is 0. The van der Waals surface area contributed by atoms with E-state index in [1.165, 1.54) is 0 Å². The van der Waals surface area contributed by atoms with Crippen molar-refractivity contribution in [2.24, 2.45) is 29.2 Å². The molecule has 0 spiro atoms. The van der Waals surface area contributed by atoms with Crippen LogP contribution in [-0.4, -0.2) is 55.0 Å². The Balaban J connectivity index is 0. The molecule has 7 N–H and O–H groups in total. The second-order valence-electron chi connectivity index (χ2n) is 6.51. The molecule has 0 heterocycles. The van der Waals surface area contributed by atoms with Crippen molar-refractivity contribution in [3.8, 4) is 0 Å². The van der Waals surface area contributed by atoms with Crippen LogP contribution >= 0.6 is 0 Å². The van der Waals surface area contributed by atoms with E-state index in [4.69, 9.17) is 16.6 Å². The Kier molecular flexibility index (Phi) is 15.2. The second-order valence-corrected chi connectivity index (χ2v) is 6.51. The summed E-state index contributed by atoms with van der Waals surface area (Å²) in [5.41, 5.74) is 11.1. The van der Waals surface area contributed by atoms with Crippen LogP contribution in [0.5, 0.6) is 0 Å². The van der Waals surface area contributed by atoms with Crippen molar-refractivity contribution < 1.29 is 19.5 Å². The highest BCUT2D eigenvalue weighted by Crippen LogP contribution is 2.10. The first-order valence-electron chi connectivity index (χ1n) is 8.76. The van der Waals surface area contributed by atoms with Gasteiger partial charge < -0.3 is 27.2 Å².